The summed E-state index contributed by atoms with van der Waals surface area (Å²) in [6.45, 7) is 4.14. The molecule has 0 spiro atoms. The molecule has 8 heteroatoms. The molecule has 24 heavy (non-hydrogen) atoms. The van der Waals surface area contributed by atoms with Crippen LogP contribution in [0.4, 0.5) is 5.95 Å². The Morgan fingerprint density at radius 3 is 2.71 bits per heavy atom. The normalized spacial score (nSPS) is 14.0. The van der Waals surface area contributed by atoms with Gasteiger partial charge in [0.05, 0.1) is 12.2 Å². The Hall–Kier alpha value is -2.77. The van der Waals surface area contributed by atoms with Gasteiger partial charge in [-0.3, -0.25) is 9.59 Å². The largest absolute Gasteiger partial charge is 0.345 e. The Morgan fingerprint density at radius 1 is 1.25 bits per heavy atom. The average Bonchev–Trinajstić information content (AvgIpc) is 3.09. The molecule has 1 fully saturated rings. The Bertz CT molecular complexity index is 810. The molecule has 0 saturated carbocycles. The molecule has 0 bridgehead atoms. The first kappa shape index (κ1) is 16.1. The standard InChI is InChI=1S/C16H20N6O2/c1-11-9-12(19-16(18-11)22-7-3-4-8-22)10-17-15(24)13-5-6-14(23)21(2)20-13/h5-6,9H,3-4,7-8,10H2,1-2H3,(H,17,24). The second-order valence-corrected chi connectivity index (χ2v) is 5.86. The fraction of sp³-hybridized carbons (Fsp3) is 0.438. The number of carbonyl (C=O) groups is 1. The Morgan fingerprint density at radius 2 is 2.00 bits per heavy atom. The van der Waals surface area contributed by atoms with Crippen molar-refractivity contribution in [3.05, 3.63) is 45.6 Å². The maximum Gasteiger partial charge on any atom is 0.272 e. The quantitative estimate of drug-likeness (QED) is 0.874. The van der Waals surface area contributed by atoms with E-state index in [-0.39, 0.29) is 23.7 Å². The lowest BCUT2D eigenvalue weighted by Crippen LogP contribution is -2.29. The summed E-state index contributed by atoms with van der Waals surface area (Å²) in [6, 6.07) is 4.59. The molecule has 0 aromatic carbocycles. The highest BCUT2D eigenvalue weighted by atomic mass is 16.2. The third kappa shape index (κ3) is 3.58. The molecule has 2 aromatic rings. The number of aromatic nitrogens is 4. The van der Waals surface area contributed by atoms with Gasteiger partial charge in [0.25, 0.3) is 11.5 Å². The summed E-state index contributed by atoms with van der Waals surface area (Å²) in [5, 5.41) is 6.72. The highest BCUT2D eigenvalue weighted by Crippen LogP contribution is 2.16. The van der Waals surface area contributed by atoms with Crippen molar-refractivity contribution in [3.8, 4) is 0 Å². The highest BCUT2D eigenvalue weighted by molar-refractivity contribution is 5.91. The summed E-state index contributed by atoms with van der Waals surface area (Å²) in [4.78, 5) is 34.7. The van der Waals surface area contributed by atoms with E-state index >= 15 is 0 Å². The van der Waals surface area contributed by atoms with Crippen molar-refractivity contribution in [2.45, 2.75) is 26.3 Å². The highest BCUT2D eigenvalue weighted by Gasteiger charge is 2.16. The molecule has 3 rings (SSSR count). The minimum absolute atomic E-state index is 0.197. The molecule has 1 saturated heterocycles. The van der Waals surface area contributed by atoms with E-state index in [9.17, 15) is 9.59 Å². The van der Waals surface area contributed by atoms with E-state index in [4.69, 9.17) is 0 Å². The summed E-state index contributed by atoms with van der Waals surface area (Å²) in [5.41, 5.74) is 1.56. The van der Waals surface area contributed by atoms with Gasteiger partial charge in [-0.25, -0.2) is 14.6 Å². The van der Waals surface area contributed by atoms with Crippen molar-refractivity contribution in [1.82, 2.24) is 25.1 Å². The van der Waals surface area contributed by atoms with Crippen molar-refractivity contribution >= 4 is 11.9 Å². The van der Waals surface area contributed by atoms with Crippen molar-refractivity contribution in [2.24, 2.45) is 7.05 Å². The lowest BCUT2D eigenvalue weighted by molar-refractivity contribution is 0.0943. The number of anilines is 1. The maximum absolute atomic E-state index is 12.2. The van der Waals surface area contributed by atoms with E-state index in [2.05, 4.69) is 25.3 Å². The van der Waals surface area contributed by atoms with Crippen LogP contribution in [0.5, 0.6) is 0 Å². The summed E-state index contributed by atoms with van der Waals surface area (Å²) >= 11 is 0. The second-order valence-electron chi connectivity index (χ2n) is 5.86. The van der Waals surface area contributed by atoms with Crippen LogP contribution in [0.3, 0.4) is 0 Å². The number of rotatable bonds is 4. The van der Waals surface area contributed by atoms with E-state index < -0.39 is 0 Å². The summed E-state index contributed by atoms with van der Waals surface area (Å²) < 4.78 is 1.13. The van der Waals surface area contributed by atoms with E-state index in [0.717, 1.165) is 47.9 Å². The van der Waals surface area contributed by atoms with Gasteiger partial charge in [0.15, 0.2) is 0 Å². The third-order valence-electron chi connectivity index (χ3n) is 3.91. The predicted molar refractivity (Wildman–Crippen MR) is 88.9 cm³/mol. The lowest BCUT2D eigenvalue weighted by Gasteiger charge is -2.16. The van der Waals surface area contributed by atoms with Gasteiger partial charge in [0.1, 0.15) is 5.69 Å². The van der Waals surface area contributed by atoms with Crippen LogP contribution in [-0.2, 0) is 13.6 Å². The number of carbonyl (C=O) groups excluding carboxylic acids is 1. The van der Waals surface area contributed by atoms with E-state index in [1.165, 1.54) is 19.2 Å². The third-order valence-corrected chi connectivity index (χ3v) is 3.91. The molecule has 1 aliphatic rings. The van der Waals surface area contributed by atoms with Crippen molar-refractivity contribution in [3.63, 3.8) is 0 Å². The Kier molecular flexibility index (Phi) is 4.54. The van der Waals surface area contributed by atoms with Crippen molar-refractivity contribution in [1.29, 1.82) is 0 Å². The van der Waals surface area contributed by atoms with Gasteiger partial charge >= 0.3 is 0 Å². The van der Waals surface area contributed by atoms with Gasteiger partial charge < -0.3 is 10.2 Å². The fourth-order valence-corrected chi connectivity index (χ4v) is 2.65. The number of amides is 1. The molecule has 0 aliphatic carbocycles. The molecule has 0 atom stereocenters. The van der Waals surface area contributed by atoms with Crippen LogP contribution in [0.25, 0.3) is 0 Å². The monoisotopic (exact) mass is 328 g/mol. The molecular formula is C16H20N6O2. The smallest absolute Gasteiger partial charge is 0.272 e. The number of aryl methyl sites for hydroxylation is 2. The summed E-state index contributed by atoms with van der Waals surface area (Å²) in [6.07, 6.45) is 2.31. The van der Waals surface area contributed by atoms with Crippen molar-refractivity contribution in [2.75, 3.05) is 18.0 Å². The number of nitrogens with one attached hydrogen (secondary N) is 1. The van der Waals surface area contributed by atoms with Crippen LogP contribution in [0.2, 0.25) is 0 Å². The first-order valence-electron chi connectivity index (χ1n) is 7.95. The molecule has 2 aromatic heterocycles. The fourth-order valence-electron chi connectivity index (χ4n) is 2.65. The van der Waals surface area contributed by atoms with E-state index in [1.54, 1.807) is 0 Å². The van der Waals surface area contributed by atoms with Gasteiger partial charge in [-0.2, -0.15) is 5.10 Å². The van der Waals surface area contributed by atoms with Crippen LogP contribution < -0.4 is 15.8 Å². The van der Waals surface area contributed by atoms with Gasteiger partial charge in [0.2, 0.25) is 5.95 Å². The van der Waals surface area contributed by atoms with Gasteiger partial charge in [-0.15, -0.1) is 0 Å². The molecule has 126 valence electrons. The molecule has 0 unspecified atom stereocenters. The first-order chi connectivity index (χ1) is 11.5. The number of hydrogen-bond acceptors (Lipinski definition) is 6. The number of nitrogens with zero attached hydrogens (tertiary/aromatic N) is 5. The van der Waals surface area contributed by atoms with E-state index in [0.29, 0.717) is 0 Å². The predicted octanol–water partition coefficient (Wildman–Crippen LogP) is 0.409. The van der Waals surface area contributed by atoms with Gasteiger partial charge in [0, 0.05) is 31.9 Å². The van der Waals surface area contributed by atoms with Crippen LogP contribution >= 0.6 is 0 Å². The molecule has 8 nitrogen and oxygen atoms in total. The SMILES string of the molecule is Cc1cc(CNC(=O)c2ccc(=O)n(C)n2)nc(N2CCCC2)n1. The maximum atomic E-state index is 12.2. The summed E-state index contributed by atoms with van der Waals surface area (Å²) in [5.74, 6) is 0.376. The van der Waals surface area contributed by atoms with E-state index in [1.807, 2.05) is 13.0 Å². The molecule has 1 aliphatic heterocycles. The first-order valence-corrected chi connectivity index (χ1v) is 7.95. The van der Waals surface area contributed by atoms with Crippen LogP contribution in [0, 0.1) is 6.92 Å². The van der Waals surface area contributed by atoms with Gasteiger partial charge in [-0.1, -0.05) is 0 Å². The zero-order chi connectivity index (χ0) is 17.1. The molecule has 1 N–H and O–H groups in total. The zero-order valence-corrected chi connectivity index (χ0v) is 13.8. The topological polar surface area (TPSA) is 93.0 Å². The van der Waals surface area contributed by atoms with Gasteiger partial charge in [-0.05, 0) is 31.9 Å². The number of hydrogen-bond donors (Lipinski definition) is 1. The van der Waals surface area contributed by atoms with Crippen LogP contribution in [0.15, 0.2) is 23.0 Å². The zero-order valence-electron chi connectivity index (χ0n) is 13.8. The minimum Gasteiger partial charge on any atom is -0.345 e. The molecule has 1 amide bonds. The summed E-state index contributed by atoms with van der Waals surface area (Å²) in [7, 11) is 1.51. The lowest BCUT2D eigenvalue weighted by atomic mass is 10.3. The average molecular weight is 328 g/mol. The Labute approximate surface area is 139 Å². The molecule has 0 radical (unpaired) electrons. The second kappa shape index (κ2) is 6.77. The van der Waals surface area contributed by atoms with Crippen molar-refractivity contribution < 1.29 is 4.79 Å². The molecular weight excluding hydrogens is 308 g/mol. The van der Waals surface area contributed by atoms with Crippen LogP contribution in [0.1, 0.15) is 34.7 Å². The van der Waals surface area contributed by atoms with Crippen LogP contribution in [-0.4, -0.2) is 38.7 Å². The Balaban J connectivity index is 1.70. The minimum atomic E-state index is -0.343. The molecule has 3 heterocycles.